The molecule has 1 amide bonds. The van der Waals surface area contributed by atoms with E-state index in [-0.39, 0.29) is 30.2 Å². The van der Waals surface area contributed by atoms with Crippen molar-refractivity contribution < 1.29 is 24.9 Å². The molecule has 130 valence electrons. The third-order valence-electron chi connectivity index (χ3n) is 4.45. The number of unbranched alkanes of at least 4 members (excludes halogenated alkanes) is 1. The summed E-state index contributed by atoms with van der Waals surface area (Å²) in [6, 6.07) is -0.299. The largest absolute Gasteiger partial charge is 0.477 e. The normalized spacial score (nSPS) is 27.9. The summed E-state index contributed by atoms with van der Waals surface area (Å²) >= 11 is 1.29. The van der Waals surface area contributed by atoms with E-state index in [0.29, 0.717) is 17.2 Å². The van der Waals surface area contributed by atoms with E-state index in [2.05, 4.69) is 0 Å². The van der Waals surface area contributed by atoms with Crippen LogP contribution in [0.25, 0.3) is 0 Å². The molecule has 0 spiro atoms. The van der Waals surface area contributed by atoms with Gasteiger partial charge in [-0.2, -0.15) is 0 Å². The Hall–Kier alpha value is -1.09. The van der Waals surface area contributed by atoms with E-state index in [9.17, 15) is 19.8 Å². The van der Waals surface area contributed by atoms with E-state index in [4.69, 9.17) is 10.8 Å². The highest BCUT2D eigenvalue weighted by atomic mass is 32.2. The molecule has 0 aromatic rings. The van der Waals surface area contributed by atoms with Crippen molar-refractivity contribution in [1.29, 1.82) is 0 Å². The Balaban J connectivity index is 2.31. The zero-order valence-corrected chi connectivity index (χ0v) is 14.0. The number of fused-ring (bicyclic) bond motifs is 1. The van der Waals surface area contributed by atoms with Gasteiger partial charge in [-0.3, -0.25) is 4.79 Å². The van der Waals surface area contributed by atoms with Crippen LogP contribution in [0.1, 0.15) is 26.2 Å². The molecule has 1 saturated heterocycles. The standard InChI is InChI=1S/C15H24N2O5S/c1-8(19)10-11-9(4-2-3-5-16)13(23-7-6-18)12(15(21)22)17(11)14(10)20/h8-11,18-19H,2-7,16H2,1H3,(H,21,22)/t8-,9-,10-,11-/m1/s1. The Morgan fingerprint density at radius 1 is 1.43 bits per heavy atom. The molecule has 2 rings (SSSR count). The molecule has 8 heteroatoms. The van der Waals surface area contributed by atoms with Crippen LogP contribution in [0, 0.1) is 11.8 Å². The fourth-order valence-electron chi connectivity index (χ4n) is 3.51. The van der Waals surface area contributed by atoms with Crippen LogP contribution >= 0.6 is 11.8 Å². The molecule has 1 fully saturated rings. The van der Waals surface area contributed by atoms with Gasteiger partial charge in [-0.1, -0.05) is 6.42 Å². The number of aliphatic hydroxyl groups is 2. The van der Waals surface area contributed by atoms with Gasteiger partial charge in [0.25, 0.3) is 0 Å². The van der Waals surface area contributed by atoms with Crippen molar-refractivity contribution in [2.75, 3.05) is 18.9 Å². The molecule has 5 N–H and O–H groups in total. The second-order valence-corrected chi connectivity index (χ2v) is 7.08. The Kier molecular flexibility index (Phi) is 6.07. The molecule has 23 heavy (non-hydrogen) atoms. The molecule has 2 aliphatic heterocycles. The van der Waals surface area contributed by atoms with Gasteiger partial charge < -0.3 is 26.0 Å². The highest BCUT2D eigenvalue weighted by Gasteiger charge is 2.60. The van der Waals surface area contributed by atoms with E-state index in [1.165, 1.54) is 16.7 Å². The summed E-state index contributed by atoms with van der Waals surface area (Å²) in [4.78, 5) is 25.9. The van der Waals surface area contributed by atoms with Gasteiger partial charge in [-0.25, -0.2) is 4.79 Å². The van der Waals surface area contributed by atoms with E-state index in [0.717, 1.165) is 19.3 Å². The Labute approximate surface area is 139 Å². The van der Waals surface area contributed by atoms with Gasteiger partial charge in [0.1, 0.15) is 5.70 Å². The molecule has 4 atom stereocenters. The van der Waals surface area contributed by atoms with Crippen LogP contribution in [0.15, 0.2) is 10.6 Å². The minimum Gasteiger partial charge on any atom is -0.477 e. The van der Waals surface area contributed by atoms with Gasteiger partial charge in [0.15, 0.2) is 0 Å². The van der Waals surface area contributed by atoms with Crippen LogP contribution in [-0.2, 0) is 9.59 Å². The van der Waals surface area contributed by atoms with Crippen LogP contribution in [-0.4, -0.2) is 63.1 Å². The van der Waals surface area contributed by atoms with Crippen LogP contribution in [0.5, 0.6) is 0 Å². The van der Waals surface area contributed by atoms with E-state index >= 15 is 0 Å². The SMILES string of the molecule is C[C@@H](O)[C@H]1C(=O)N2C(C(=O)O)=C(SCCO)[C@H](CCCCN)[C@H]12. The number of rotatable bonds is 9. The van der Waals surface area contributed by atoms with Crippen LogP contribution in [0.4, 0.5) is 0 Å². The first kappa shape index (κ1) is 18.3. The van der Waals surface area contributed by atoms with Gasteiger partial charge in [0.05, 0.1) is 24.7 Å². The van der Waals surface area contributed by atoms with Crippen LogP contribution in [0.2, 0.25) is 0 Å². The molecule has 0 aromatic carbocycles. The van der Waals surface area contributed by atoms with Gasteiger partial charge in [-0.05, 0) is 26.3 Å². The highest BCUT2D eigenvalue weighted by molar-refractivity contribution is 8.03. The third kappa shape index (κ3) is 3.26. The summed E-state index contributed by atoms with van der Waals surface area (Å²) in [5.74, 6) is -1.74. The van der Waals surface area contributed by atoms with Crippen molar-refractivity contribution >= 4 is 23.6 Å². The lowest BCUT2D eigenvalue weighted by molar-refractivity contribution is -0.163. The summed E-state index contributed by atoms with van der Waals surface area (Å²) in [5.41, 5.74) is 5.55. The first-order chi connectivity index (χ1) is 11.0. The number of carbonyl (C=O) groups excluding carboxylic acids is 1. The number of β-lactam (4-membered cyclic amide) rings is 1. The van der Waals surface area contributed by atoms with Crippen molar-refractivity contribution in [1.82, 2.24) is 4.90 Å². The van der Waals surface area contributed by atoms with Gasteiger partial charge in [0, 0.05) is 16.6 Å². The fourth-order valence-corrected chi connectivity index (χ4v) is 4.62. The number of aliphatic hydroxyl groups excluding tert-OH is 2. The Morgan fingerprint density at radius 3 is 2.65 bits per heavy atom. The first-order valence-electron chi connectivity index (χ1n) is 7.88. The van der Waals surface area contributed by atoms with Gasteiger partial charge >= 0.3 is 5.97 Å². The van der Waals surface area contributed by atoms with Gasteiger partial charge in [-0.15, -0.1) is 11.8 Å². The topological polar surface area (TPSA) is 124 Å². The average molecular weight is 344 g/mol. The van der Waals surface area contributed by atoms with Crippen molar-refractivity contribution in [2.24, 2.45) is 17.6 Å². The number of carboxylic acid groups (broad SMARTS) is 1. The predicted molar refractivity (Wildman–Crippen MR) is 86.4 cm³/mol. The molecule has 0 aliphatic carbocycles. The number of hydrogen-bond donors (Lipinski definition) is 4. The minimum atomic E-state index is -1.13. The predicted octanol–water partition coefficient (Wildman–Crippen LogP) is -0.0253. The summed E-state index contributed by atoms with van der Waals surface area (Å²) in [5, 5.41) is 28.5. The first-order valence-corrected chi connectivity index (χ1v) is 8.86. The molecular formula is C15H24N2O5S. The third-order valence-corrected chi connectivity index (χ3v) is 5.65. The van der Waals surface area contributed by atoms with E-state index in [1.807, 2.05) is 0 Å². The average Bonchev–Trinajstić information content (AvgIpc) is 2.75. The molecule has 0 bridgehead atoms. The maximum absolute atomic E-state index is 12.3. The number of thioether (sulfide) groups is 1. The smallest absolute Gasteiger partial charge is 0.353 e. The summed E-state index contributed by atoms with van der Waals surface area (Å²) in [7, 11) is 0. The molecular weight excluding hydrogens is 320 g/mol. The Bertz CT molecular complexity index is 508. The van der Waals surface area contributed by atoms with Crippen molar-refractivity contribution in [3.05, 3.63) is 10.6 Å². The zero-order valence-electron chi connectivity index (χ0n) is 13.1. The lowest BCUT2D eigenvalue weighted by Gasteiger charge is -2.47. The molecule has 0 aromatic heterocycles. The maximum atomic E-state index is 12.3. The number of aliphatic carboxylic acids is 1. The molecule has 0 unspecified atom stereocenters. The summed E-state index contributed by atoms with van der Waals surface area (Å²) in [6.07, 6.45) is 1.58. The minimum absolute atomic E-state index is 0.0214. The Morgan fingerprint density at radius 2 is 2.13 bits per heavy atom. The molecule has 0 saturated carbocycles. The second-order valence-electron chi connectivity index (χ2n) is 5.95. The van der Waals surface area contributed by atoms with Crippen LogP contribution in [0.3, 0.4) is 0 Å². The van der Waals surface area contributed by atoms with Crippen molar-refractivity contribution in [3.8, 4) is 0 Å². The molecule has 0 radical (unpaired) electrons. The van der Waals surface area contributed by atoms with Gasteiger partial charge in [0.2, 0.25) is 5.91 Å². The van der Waals surface area contributed by atoms with Crippen LogP contribution < -0.4 is 5.73 Å². The number of nitrogens with zero attached hydrogens (tertiary/aromatic N) is 1. The lowest BCUT2D eigenvalue weighted by atomic mass is 9.77. The summed E-state index contributed by atoms with van der Waals surface area (Å²) in [6.45, 7) is 2.07. The van der Waals surface area contributed by atoms with Crippen molar-refractivity contribution in [3.63, 3.8) is 0 Å². The molecule has 7 nitrogen and oxygen atoms in total. The fraction of sp³-hybridized carbons (Fsp3) is 0.733. The number of nitrogens with two attached hydrogens (primary N) is 1. The zero-order chi connectivity index (χ0) is 17.1. The molecule has 2 heterocycles. The lowest BCUT2D eigenvalue weighted by Crippen LogP contribution is -2.63. The highest BCUT2D eigenvalue weighted by Crippen LogP contribution is 2.52. The number of amides is 1. The summed E-state index contributed by atoms with van der Waals surface area (Å²) < 4.78 is 0. The van der Waals surface area contributed by atoms with E-state index in [1.54, 1.807) is 6.92 Å². The van der Waals surface area contributed by atoms with Crippen molar-refractivity contribution in [2.45, 2.75) is 38.3 Å². The monoisotopic (exact) mass is 344 g/mol. The number of hydrogen-bond acceptors (Lipinski definition) is 6. The van der Waals surface area contributed by atoms with E-state index < -0.39 is 18.0 Å². The number of carbonyl (C=O) groups is 2. The second kappa shape index (κ2) is 7.65. The quantitative estimate of drug-likeness (QED) is 0.342. The molecule has 2 aliphatic rings. The maximum Gasteiger partial charge on any atom is 0.353 e. The number of carboxylic acids is 1.